The van der Waals surface area contributed by atoms with Crippen LogP contribution in [-0.2, 0) is 16.4 Å². The molecule has 1 atom stereocenters. The second kappa shape index (κ2) is 7.14. The summed E-state index contributed by atoms with van der Waals surface area (Å²) in [5.74, 6) is 0.528. The smallest absolute Gasteiger partial charge is 0.272 e. The van der Waals surface area contributed by atoms with Gasteiger partial charge in [0, 0.05) is 19.3 Å². The predicted molar refractivity (Wildman–Crippen MR) is 92.9 cm³/mol. The van der Waals surface area contributed by atoms with E-state index >= 15 is 0 Å². The number of nitrogens with one attached hydrogen (secondary N) is 1. The van der Waals surface area contributed by atoms with Gasteiger partial charge in [-0.05, 0) is 30.7 Å². The number of nitrogens with zero attached hydrogens (tertiary/aromatic N) is 4. The largest absolute Gasteiger partial charge is 0.354 e. The fourth-order valence-corrected chi connectivity index (χ4v) is 4.44. The summed E-state index contributed by atoms with van der Waals surface area (Å²) in [5.41, 5.74) is 0.953. The summed E-state index contributed by atoms with van der Waals surface area (Å²) in [4.78, 5) is 18.0. The first kappa shape index (κ1) is 17.3. The molecule has 1 unspecified atom stereocenters. The highest BCUT2D eigenvalue weighted by molar-refractivity contribution is 7.91. The molecule has 1 amide bonds. The molecule has 3 rings (SSSR count). The predicted octanol–water partition coefficient (Wildman–Crippen LogP) is 0.425. The van der Waals surface area contributed by atoms with Gasteiger partial charge in [-0.1, -0.05) is 6.07 Å². The summed E-state index contributed by atoms with van der Waals surface area (Å²) in [6.45, 7) is 0.308. The Balaban J connectivity index is 1.60. The third-order valence-corrected chi connectivity index (χ3v) is 5.91. The number of aromatic nitrogens is 3. The lowest BCUT2D eigenvalue weighted by molar-refractivity contribution is 0.0944. The van der Waals surface area contributed by atoms with Crippen molar-refractivity contribution in [2.45, 2.75) is 19.0 Å². The van der Waals surface area contributed by atoms with Crippen LogP contribution in [0.1, 0.15) is 22.6 Å². The van der Waals surface area contributed by atoms with Crippen LogP contribution in [0.2, 0.25) is 0 Å². The van der Waals surface area contributed by atoms with E-state index in [4.69, 9.17) is 0 Å². The van der Waals surface area contributed by atoms with E-state index in [9.17, 15) is 13.2 Å². The van der Waals surface area contributed by atoms with E-state index in [-0.39, 0.29) is 29.1 Å². The molecule has 0 aliphatic carbocycles. The van der Waals surface area contributed by atoms with Gasteiger partial charge >= 0.3 is 0 Å². The minimum Gasteiger partial charge on any atom is -0.354 e. The van der Waals surface area contributed by atoms with Crippen LogP contribution in [0.15, 0.2) is 36.5 Å². The molecule has 2 aromatic rings. The van der Waals surface area contributed by atoms with Gasteiger partial charge in [0.25, 0.3) is 5.91 Å². The highest BCUT2D eigenvalue weighted by atomic mass is 32.2. The summed E-state index contributed by atoms with van der Waals surface area (Å²) in [6.07, 6.45) is 2.24. The Kier molecular flexibility index (Phi) is 4.93. The molecule has 132 valence electrons. The van der Waals surface area contributed by atoms with Crippen molar-refractivity contribution in [2.75, 3.05) is 23.5 Å². The SMILES string of the molecule is CN(c1ccc(C(=O)NCc2ccccn2)nn1)C1CCS(=O)(=O)C1. The van der Waals surface area contributed by atoms with Crippen LogP contribution in [0.4, 0.5) is 5.82 Å². The molecule has 1 aliphatic rings. The minimum atomic E-state index is -2.96. The lowest BCUT2D eigenvalue weighted by Crippen LogP contribution is -2.33. The van der Waals surface area contributed by atoms with Crippen LogP contribution in [0.25, 0.3) is 0 Å². The van der Waals surface area contributed by atoms with Gasteiger partial charge in [-0.2, -0.15) is 0 Å². The van der Waals surface area contributed by atoms with E-state index in [2.05, 4.69) is 20.5 Å². The third kappa shape index (κ3) is 4.30. The molecule has 9 heteroatoms. The number of carbonyl (C=O) groups is 1. The topological polar surface area (TPSA) is 105 Å². The van der Waals surface area contributed by atoms with E-state index in [1.807, 2.05) is 18.2 Å². The van der Waals surface area contributed by atoms with Gasteiger partial charge in [0.1, 0.15) is 0 Å². The normalized spacial score (nSPS) is 18.7. The third-order valence-electron chi connectivity index (χ3n) is 4.16. The number of hydrogen-bond donors (Lipinski definition) is 1. The lowest BCUT2D eigenvalue weighted by atomic mass is 10.2. The van der Waals surface area contributed by atoms with Crippen LogP contribution < -0.4 is 10.2 Å². The molecule has 0 saturated carbocycles. The maximum Gasteiger partial charge on any atom is 0.272 e. The van der Waals surface area contributed by atoms with Crippen molar-refractivity contribution in [1.82, 2.24) is 20.5 Å². The lowest BCUT2D eigenvalue weighted by Gasteiger charge is -2.23. The highest BCUT2D eigenvalue weighted by Crippen LogP contribution is 2.20. The van der Waals surface area contributed by atoms with Crippen molar-refractivity contribution in [2.24, 2.45) is 0 Å². The average Bonchev–Trinajstić information content (AvgIpc) is 3.00. The fraction of sp³-hybridized carbons (Fsp3) is 0.375. The number of rotatable bonds is 5. The summed E-state index contributed by atoms with van der Waals surface area (Å²) in [7, 11) is -1.18. The maximum absolute atomic E-state index is 12.1. The zero-order chi connectivity index (χ0) is 17.9. The quantitative estimate of drug-likeness (QED) is 0.823. The van der Waals surface area contributed by atoms with Crippen LogP contribution in [-0.4, -0.2) is 54.1 Å². The first-order valence-electron chi connectivity index (χ1n) is 7.90. The van der Waals surface area contributed by atoms with Crippen LogP contribution >= 0.6 is 0 Å². The Morgan fingerprint density at radius 3 is 2.72 bits per heavy atom. The van der Waals surface area contributed by atoms with Gasteiger partial charge < -0.3 is 10.2 Å². The summed E-state index contributed by atoms with van der Waals surface area (Å²) in [6, 6.07) is 8.62. The molecule has 25 heavy (non-hydrogen) atoms. The van der Waals surface area contributed by atoms with Gasteiger partial charge in [0.2, 0.25) is 0 Å². The first-order valence-corrected chi connectivity index (χ1v) is 9.72. The number of hydrogen-bond acceptors (Lipinski definition) is 7. The highest BCUT2D eigenvalue weighted by Gasteiger charge is 2.31. The molecule has 0 radical (unpaired) electrons. The van der Waals surface area contributed by atoms with Crippen LogP contribution in [0, 0.1) is 0 Å². The molecule has 8 nitrogen and oxygen atoms in total. The van der Waals surface area contributed by atoms with E-state index in [0.29, 0.717) is 18.8 Å². The Hall–Kier alpha value is -2.55. The number of anilines is 1. The molecule has 0 aromatic carbocycles. The second-order valence-corrected chi connectivity index (χ2v) is 8.18. The average molecular weight is 361 g/mol. The fourth-order valence-electron chi connectivity index (χ4n) is 2.67. The standard InChI is InChI=1S/C16H19N5O3S/c1-21(13-7-9-25(23,24)11-13)15-6-5-14(19-20-15)16(22)18-10-12-4-2-3-8-17-12/h2-6,8,13H,7,9-11H2,1H3,(H,18,22). The monoisotopic (exact) mass is 361 g/mol. The van der Waals surface area contributed by atoms with Crippen LogP contribution in [0.5, 0.6) is 0 Å². The number of sulfone groups is 1. The molecule has 0 spiro atoms. The van der Waals surface area contributed by atoms with Crippen molar-refractivity contribution in [3.8, 4) is 0 Å². The van der Waals surface area contributed by atoms with Crippen molar-refractivity contribution >= 4 is 21.6 Å². The molecule has 1 N–H and O–H groups in total. The minimum absolute atomic E-state index is 0.108. The van der Waals surface area contributed by atoms with Gasteiger partial charge in [-0.15, -0.1) is 10.2 Å². The molecule has 1 fully saturated rings. The molecular weight excluding hydrogens is 342 g/mol. The van der Waals surface area contributed by atoms with E-state index in [1.165, 1.54) is 0 Å². The summed E-state index contributed by atoms with van der Waals surface area (Å²) < 4.78 is 23.2. The van der Waals surface area contributed by atoms with Gasteiger partial charge in [0.15, 0.2) is 21.3 Å². The molecular formula is C16H19N5O3S. The zero-order valence-corrected chi connectivity index (χ0v) is 14.6. The number of pyridine rings is 1. The molecule has 2 aromatic heterocycles. The van der Waals surface area contributed by atoms with E-state index in [0.717, 1.165) is 5.69 Å². The van der Waals surface area contributed by atoms with Gasteiger partial charge in [0.05, 0.1) is 23.7 Å². The van der Waals surface area contributed by atoms with E-state index < -0.39 is 9.84 Å². The first-order chi connectivity index (χ1) is 11.9. The number of carbonyl (C=O) groups excluding carboxylic acids is 1. The maximum atomic E-state index is 12.1. The zero-order valence-electron chi connectivity index (χ0n) is 13.8. The van der Waals surface area contributed by atoms with Crippen molar-refractivity contribution in [1.29, 1.82) is 0 Å². The van der Waals surface area contributed by atoms with Crippen molar-refractivity contribution in [3.63, 3.8) is 0 Å². The Bertz CT molecular complexity index is 840. The molecule has 0 bridgehead atoms. The summed E-state index contributed by atoms with van der Waals surface area (Å²) >= 11 is 0. The number of amides is 1. The van der Waals surface area contributed by atoms with Gasteiger partial charge in [-0.3, -0.25) is 9.78 Å². The molecule has 1 aliphatic heterocycles. The second-order valence-electron chi connectivity index (χ2n) is 5.95. The Morgan fingerprint density at radius 2 is 2.12 bits per heavy atom. The van der Waals surface area contributed by atoms with Crippen molar-refractivity contribution < 1.29 is 13.2 Å². The molecule has 1 saturated heterocycles. The Labute approximate surface area is 146 Å². The van der Waals surface area contributed by atoms with Gasteiger partial charge in [-0.25, -0.2) is 8.42 Å². The summed E-state index contributed by atoms with van der Waals surface area (Å²) in [5, 5.41) is 10.7. The Morgan fingerprint density at radius 1 is 1.28 bits per heavy atom. The molecule has 3 heterocycles. The van der Waals surface area contributed by atoms with E-state index in [1.54, 1.807) is 30.3 Å². The van der Waals surface area contributed by atoms with Crippen molar-refractivity contribution in [3.05, 3.63) is 47.9 Å². The van der Waals surface area contributed by atoms with Crippen LogP contribution in [0.3, 0.4) is 0 Å².